The Morgan fingerprint density at radius 1 is 1.27 bits per heavy atom. The van der Waals surface area contributed by atoms with Gasteiger partial charge in [0.25, 0.3) is 0 Å². The lowest BCUT2D eigenvalue weighted by molar-refractivity contribution is 0.438. The summed E-state index contributed by atoms with van der Waals surface area (Å²) in [6.45, 7) is 1.98. The maximum atomic E-state index is 8.16. The van der Waals surface area contributed by atoms with E-state index in [0.717, 1.165) is 17.1 Å². The third kappa shape index (κ3) is 2.44. The fraction of sp³-hybridized carbons (Fsp3) is 0.538. The standard InChI is InChI=1S/C13H18N2/c1-10-6-5-9-12(15-10)13(14)11-7-3-2-4-8-11/h5-6,9,11,14H,2-4,7-8H2,1H3. The van der Waals surface area contributed by atoms with Crippen molar-refractivity contribution in [2.75, 3.05) is 0 Å². The summed E-state index contributed by atoms with van der Waals surface area (Å²) in [5.41, 5.74) is 2.63. The molecule has 2 rings (SSSR count). The molecule has 1 N–H and O–H groups in total. The van der Waals surface area contributed by atoms with E-state index in [4.69, 9.17) is 5.41 Å². The molecule has 1 aromatic rings. The van der Waals surface area contributed by atoms with Crippen LogP contribution in [-0.2, 0) is 0 Å². The van der Waals surface area contributed by atoms with E-state index in [-0.39, 0.29) is 0 Å². The second-order valence-electron chi connectivity index (χ2n) is 4.41. The molecule has 0 unspecified atom stereocenters. The van der Waals surface area contributed by atoms with E-state index in [0.29, 0.717) is 5.92 Å². The minimum Gasteiger partial charge on any atom is -0.303 e. The molecule has 0 saturated heterocycles. The van der Waals surface area contributed by atoms with E-state index >= 15 is 0 Å². The van der Waals surface area contributed by atoms with Crippen LogP contribution >= 0.6 is 0 Å². The van der Waals surface area contributed by atoms with Gasteiger partial charge in [0.1, 0.15) is 0 Å². The van der Waals surface area contributed by atoms with Crippen LogP contribution < -0.4 is 0 Å². The Kier molecular flexibility index (Phi) is 3.14. The summed E-state index contributed by atoms with van der Waals surface area (Å²) in [5, 5.41) is 8.16. The van der Waals surface area contributed by atoms with Crippen molar-refractivity contribution in [2.45, 2.75) is 39.0 Å². The van der Waals surface area contributed by atoms with Crippen LogP contribution in [0.2, 0.25) is 0 Å². The van der Waals surface area contributed by atoms with E-state index in [1.807, 2.05) is 25.1 Å². The number of nitrogens with one attached hydrogen (secondary N) is 1. The van der Waals surface area contributed by atoms with Crippen molar-refractivity contribution >= 4 is 5.71 Å². The first-order chi connectivity index (χ1) is 7.27. The predicted molar refractivity (Wildman–Crippen MR) is 62.4 cm³/mol. The van der Waals surface area contributed by atoms with E-state index < -0.39 is 0 Å². The van der Waals surface area contributed by atoms with Gasteiger partial charge < -0.3 is 5.41 Å². The molecule has 1 aliphatic carbocycles. The first-order valence-electron chi connectivity index (χ1n) is 5.80. The number of aryl methyl sites for hydroxylation is 1. The van der Waals surface area contributed by atoms with E-state index in [2.05, 4.69) is 4.98 Å². The molecule has 80 valence electrons. The van der Waals surface area contributed by atoms with Crippen LogP contribution in [0.15, 0.2) is 18.2 Å². The maximum absolute atomic E-state index is 8.16. The van der Waals surface area contributed by atoms with Gasteiger partial charge in [-0.15, -0.1) is 0 Å². The smallest absolute Gasteiger partial charge is 0.0843 e. The quantitative estimate of drug-likeness (QED) is 0.734. The highest BCUT2D eigenvalue weighted by Crippen LogP contribution is 2.26. The Balaban J connectivity index is 2.12. The van der Waals surface area contributed by atoms with E-state index in [1.165, 1.54) is 32.1 Å². The predicted octanol–water partition coefficient (Wildman–Crippen LogP) is 3.34. The second kappa shape index (κ2) is 4.56. The van der Waals surface area contributed by atoms with Crippen LogP contribution in [0, 0.1) is 18.3 Å². The van der Waals surface area contributed by atoms with Gasteiger partial charge in [0.05, 0.1) is 11.4 Å². The topological polar surface area (TPSA) is 36.7 Å². The van der Waals surface area contributed by atoms with Gasteiger partial charge in [0.2, 0.25) is 0 Å². The lowest BCUT2D eigenvalue weighted by Crippen LogP contribution is -2.19. The molecule has 0 aliphatic heterocycles. The molecule has 0 atom stereocenters. The summed E-state index contributed by atoms with van der Waals surface area (Å²) in [4.78, 5) is 4.42. The molecular formula is C13H18N2. The lowest BCUT2D eigenvalue weighted by Gasteiger charge is -2.22. The van der Waals surface area contributed by atoms with Crippen LogP contribution in [0.1, 0.15) is 43.5 Å². The average molecular weight is 202 g/mol. The van der Waals surface area contributed by atoms with Crippen LogP contribution in [0.25, 0.3) is 0 Å². The highest BCUT2D eigenvalue weighted by Gasteiger charge is 2.19. The Morgan fingerprint density at radius 2 is 2.00 bits per heavy atom. The van der Waals surface area contributed by atoms with Crippen LogP contribution in [0.4, 0.5) is 0 Å². The van der Waals surface area contributed by atoms with E-state index in [9.17, 15) is 0 Å². The summed E-state index contributed by atoms with van der Waals surface area (Å²) in [5.74, 6) is 0.452. The van der Waals surface area contributed by atoms with Gasteiger partial charge in [0, 0.05) is 11.6 Å². The normalized spacial score (nSPS) is 17.7. The summed E-state index contributed by atoms with van der Waals surface area (Å²) < 4.78 is 0. The van der Waals surface area contributed by atoms with Crippen molar-refractivity contribution in [2.24, 2.45) is 5.92 Å². The van der Waals surface area contributed by atoms with Gasteiger partial charge in [-0.25, -0.2) is 0 Å². The molecule has 0 amide bonds. The number of hydrogen-bond donors (Lipinski definition) is 1. The highest BCUT2D eigenvalue weighted by atomic mass is 14.7. The first-order valence-corrected chi connectivity index (χ1v) is 5.80. The molecule has 0 spiro atoms. The minimum absolute atomic E-state index is 0.452. The summed E-state index contributed by atoms with van der Waals surface area (Å²) in [6.07, 6.45) is 6.24. The van der Waals surface area contributed by atoms with Crippen LogP contribution in [0.3, 0.4) is 0 Å². The molecule has 0 aromatic carbocycles. The SMILES string of the molecule is Cc1cccc(C(=N)C2CCCCC2)n1. The van der Waals surface area contributed by atoms with Crippen LogP contribution in [0.5, 0.6) is 0 Å². The van der Waals surface area contributed by atoms with Gasteiger partial charge >= 0.3 is 0 Å². The summed E-state index contributed by atoms with van der Waals surface area (Å²) in [6, 6.07) is 5.94. The van der Waals surface area contributed by atoms with E-state index in [1.54, 1.807) is 0 Å². The zero-order valence-electron chi connectivity index (χ0n) is 9.29. The van der Waals surface area contributed by atoms with Gasteiger partial charge in [-0.3, -0.25) is 4.98 Å². The Bertz CT molecular complexity index is 351. The fourth-order valence-electron chi connectivity index (χ4n) is 2.29. The number of nitrogens with zero attached hydrogens (tertiary/aromatic N) is 1. The van der Waals surface area contributed by atoms with Crippen molar-refractivity contribution < 1.29 is 0 Å². The summed E-state index contributed by atoms with van der Waals surface area (Å²) >= 11 is 0. The Labute approximate surface area is 91.3 Å². The minimum atomic E-state index is 0.452. The molecule has 0 bridgehead atoms. The van der Waals surface area contributed by atoms with Gasteiger partial charge in [-0.1, -0.05) is 25.3 Å². The Morgan fingerprint density at radius 3 is 2.67 bits per heavy atom. The van der Waals surface area contributed by atoms with Crippen LogP contribution in [-0.4, -0.2) is 10.7 Å². The zero-order chi connectivity index (χ0) is 10.7. The number of rotatable bonds is 2. The lowest BCUT2D eigenvalue weighted by atomic mass is 9.84. The van der Waals surface area contributed by atoms with Crippen molar-refractivity contribution in [3.8, 4) is 0 Å². The molecule has 1 saturated carbocycles. The van der Waals surface area contributed by atoms with Gasteiger partial charge in [-0.2, -0.15) is 0 Å². The molecule has 2 heteroatoms. The van der Waals surface area contributed by atoms with Crippen molar-refractivity contribution in [3.05, 3.63) is 29.6 Å². The van der Waals surface area contributed by atoms with Crippen molar-refractivity contribution in [1.82, 2.24) is 4.98 Å². The highest BCUT2D eigenvalue weighted by molar-refractivity contribution is 5.98. The Hall–Kier alpha value is -1.18. The largest absolute Gasteiger partial charge is 0.303 e. The number of aromatic nitrogens is 1. The van der Waals surface area contributed by atoms with Crippen molar-refractivity contribution in [1.29, 1.82) is 5.41 Å². The molecule has 2 nitrogen and oxygen atoms in total. The third-order valence-corrected chi connectivity index (χ3v) is 3.18. The molecule has 1 heterocycles. The molecule has 1 fully saturated rings. The maximum Gasteiger partial charge on any atom is 0.0843 e. The average Bonchev–Trinajstić information content (AvgIpc) is 2.29. The first kappa shape index (κ1) is 10.3. The van der Waals surface area contributed by atoms with Gasteiger partial charge in [-0.05, 0) is 31.9 Å². The molecule has 0 radical (unpaired) electrons. The monoisotopic (exact) mass is 202 g/mol. The summed E-state index contributed by atoms with van der Waals surface area (Å²) in [7, 11) is 0. The van der Waals surface area contributed by atoms with Gasteiger partial charge in [0.15, 0.2) is 0 Å². The fourth-order valence-corrected chi connectivity index (χ4v) is 2.29. The molecule has 1 aromatic heterocycles. The zero-order valence-corrected chi connectivity index (χ0v) is 9.29. The molecular weight excluding hydrogens is 184 g/mol. The molecule has 1 aliphatic rings. The third-order valence-electron chi connectivity index (χ3n) is 3.18. The molecule has 15 heavy (non-hydrogen) atoms. The number of pyridine rings is 1. The number of hydrogen-bond acceptors (Lipinski definition) is 2. The van der Waals surface area contributed by atoms with Crippen molar-refractivity contribution in [3.63, 3.8) is 0 Å². The second-order valence-corrected chi connectivity index (χ2v) is 4.41.